The Labute approximate surface area is 173 Å². The van der Waals surface area contributed by atoms with Crippen LogP contribution in [0.2, 0.25) is 0 Å². The number of benzene rings is 1. The van der Waals surface area contributed by atoms with Crippen molar-refractivity contribution in [2.24, 2.45) is 0 Å². The van der Waals surface area contributed by atoms with Crippen LogP contribution in [0.15, 0.2) is 49.1 Å². The summed E-state index contributed by atoms with van der Waals surface area (Å²) in [7, 11) is 0. The molecule has 0 amide bonds. The van der Waals surface area contributed by atoms with Crippen LogP contribution in [0.25, 0.3) is 22.3 Å². The third-order valence-corrected chi connectivity index (χ3v) is 5.50. The molecule has 3 aromatic heterocycles. The van der Waals surface area contributed by atoms with Crippen LogP contribution in [0.5, 0.6) is 0 Å². The van der Waals surface area contributed by atoms with Crippen molar-refractivity contribution in [3.05, 3.63) is 54.6 Å². The zero-order chi connectivity index (χ0) is 20.5. The maximum absolute atomic E-state index is 9.31. The van der Waals surface area contributed by atoms with E-state index in [2.05, 4.69) is 33.4 Å². The van der Waals surface area contributed by atoms with Gasteiger partial charge in [-0.25, -0.2) is 14.6 Å². The minimum absolute atomic E-state index is 0.0586. The highest BCUT2D eigenvalue weighted by Crippen LogP contribution is 2.33. The van der Waals surface area contributed by atoms with Gasteiger partial charge in [-0.05, 0) is 18.4 Å². The van der Waals surface area contributed by atoms with Crippen molar-refractivity contribution in [3.8, 4) is 17.5 Å². The van der Waals surface area contributed by atoms with Gasteiger partial charge in [0.15, 0.2) is 11.8 Å². The fourth-order valence-corrected chi connectivity index (χ4v) is 4.04. The van der Waals surface area contributed by atoms with E-state index < -0.39 is 0 Å². The third-order valence-electron chi connectivity index (χ3n) is 5.50. The molecule has 0 aliphatic carbocycles. The molecule has 9 heteroatoms. The minimum atomic E-state index is 0.0586. The van der Waals surface area contributed by atoms with Gasteiger partial charge in [-0.1, -0.05) is 30.3 Å². The Hall–Kier alpha value is -3.93. The van der Waals surface area contributed by atoms with E-state index in [4.69, 9.17) is 10.8 Å². The van der Waals surface area contributed by atoms with Gasteiger partial charge in [-0.3, -0.25) is 4.68 Å². The van der Waals surface area contributed by atoms with Gasteiger partial charge in [0.25, 0.3) is 0 Å². The van der Waals surface area contributed by atoms with Gasteiger partial charge >= 0.3 is 0 Å². The summed E-state index contributed by atoms with van der Waals surface area (Å²) in [4.78, 5) is 10.4. The number of anilines is 1. The Morgan fingerprint density at radius 2 is 2.07 bits per heavy atom. The maximum atomic E-state index is 9.31. The number of nitrogens with zero attached hydrogens (tertiary/aromatic N) is 8. The third kappa shape index (κ3) is 3.22. The standard InChI is InChI=1S/C21H21N9/c22-13-28-8-4-7-17(12-28)30-21-18(20(23)24-14-25-21)19(27-30)16-9-26-29(11-16)10-15-5-2-1-3-6-15/h1-3,5-6,9,11,14,17H,4,7-8,10,12H2,(H2,23,24,25)/t17-/m1/s1. The van der Waals surface area contributed by atoms with E-state index in [9.17, 15) is 5.26 Å². The molecule has 5 rings (SSSR count). The number of likely N-dealkylation sites (tertiary alicyclic amines) is 1. The van der Waals surface area contributed by atoms with Crippen LogP contribution in [0.3, 0.4) is 0 Å². The van der Waals surface area contributed by atoms with Crippen LogP contribution in [0.1, 0.15) is 24.4 Å². The van der Waals surface area contributed by atoms with Crippen LogP contribution in [-0.4, -0.2) is 47.5 Å². The van der Waals surface area contributed by atoms with Gasteiger partial charge in [0.1, 0.15) is 17.8 Å². The maximum Gasteiger partial charge on any atom is 0.179 e. The number of hydrogen-bond acceptors (Lipinski definition) is 7. The lowest BCUT2D eigenvalue weighted by Crippen LogP contribution is -2.33. The predicted octanol–water partition coefficient (Wildman–Crippen LogP) is 2.44. The van der Waals surface area contributed by atoms with Crippen molar-refractivity contribution in [1.82, 2.24) is 34.4 Å². The number of hydrogen-bond donors (Lipinski definition) is 1. The van der Waals surface area contributed by atoms with Crippen LogP contribution in [0.4, 0.5) is 5.82 Å². The van der Waals surface area contributed by atoms with Gasteiger partial charge in [0, 0.05) is 18.3 Å². The summed E-state index contributed by atoms with van der Waals surface area (Å²) >= 11 is 0. The highest BCUT2D eigenvalue weighted by Gasteiger charge is 2.26. The Morgan fingerprint density at radius 3 is 2.90 bits per heavy atom. The molecule has 1 aliphatic heterocycles. The number of rotatable bonds is 4. The second-order valence-corrected chi connectivity index (χ2v) is 7.50. The molecular formula is C21H21N9. The van der Waals surface area contributed by atoms with Gasteiger partial charge in [0.05, 0.1) is 30.7 Å². The van der Waals surface area contributed by atoms with Gasteiger partial charge in [0.2, 0.25) is 0 Å². The average Bonchev–Trinajstić information content (AvgIpc) is 3.40. The Kier molecular flexibility index (Phi) is 4.52. The summed E-state index contributed by atoms with van der Waals surface area (Å²) in [5.41, 5.74) is 9.67. The van der Waals surface area contributed by atoms with Gasteiger partial charge < -0.3 is 10.6 Å². The molecule has 0 spiro atoms. The fourth-order valence-electron chi connectivity index (χ4n) is 4.04. The zero-order valence-corrected chi connectivity index (χ0v) is 16.4. The van der Waals surface area contributed by atoms with Crippen molar-refractivity contribution in [2.45, 2.75) is 25.4 Å². The van der Waals surface area contributed by atoms with E-state index in [-0.39, 0.29) is 6.04 Å². The summed E-state index contributed by atoms with van der Waals surface area (Å²) in [5.74, 6) is 0.394. The monoisotopic (exact) mass is 399 g/mol. The van der Waals surface area contributed by atoms with Crippen molar-refractivity contribution in [3.63, 3.8) is 0 Å². The van der Waals surface area contributed by atoms with Gasteiger partial charge in [-0.15, -0.1) is 0 Å². The summed E-state index contributed by atoms with van der Waals surface area (Å²) in [6.07, 6.45) is 9.34. The number of nitrogen functional groups attached to an aromatic ring is 1. The summed E-state index contributed by atoms with van der Waals surface area (Å²) in [5, 5.41) is 19.4. The quantitative estimate of drug-likeness (QED) is 0.524. The summed E-state index contributed by atoms with van der Waals surface area (Å²) in [6, 6.07) is 10.2. The lowest BCUT2D eigenvalue weighted by molar-refractivity contribution is 0.236. The topological polar surface area (TPSA) is 114 Å². The Morgan fingerprint density at radius 1 is 1.20 bits per heavy atom. The smallest absolute Gasteiger partial charge is 0.179 e. The van der Waals surface area contributed by atoms with Crippen LogP contribution in [0, 0.1) is 11.5 Å². The fraction of sp³-hybridized carbons (Fsp3) is 0.286. The van der Waals surface area contributed by atoms with Crippen molar-refractivity contribution in [2.75, 3.05) is 18.8 Å². The van der Waals surface area contributed by atoms with Gasteiger partial charge in [-0.2, -0.15) is 15.5 Å². The number of fused-ring (bicyclic) bond motifs is 1. The molecule has 1 fully saturated rings. The summed E-state index contributed by atoms with van der Waals surface area (Å²) < 4.78 is 3.79. The lowest BCUT2D eigenvalue weighted by atomic mass is 10.1. The molecule has 4 heterocycles. The molecule has 1 aliphatic rings. The first-order valence-corrected chi connectivity index (χ1v) is 9.93. The molecular weight excluding hydrogens is 378 g/mol. The van der Waals surface area contributed by atoms with E-state index >= 15 is 0 Å². The molecule has 4 aromatic rings. The molecule has 1 saturated heterocycles. The Balaban J connectivity index is 1.54. The molecule has 1 aromatic carbocycles. The van der Waals surface area contributed by atoms with E-state index in [0.717, 1.165) is 36.0 Å². The second kappa shape index (κ2) is 7.48. The molecule has 0 saturated carbocycles. The first kappa shape index (κ1) is 18.1. The molecule has 9 nitrogen and oxygen atoms in total. The number of nitriles is 1. The first-order chi connectivity index (χ1) is 14.7. The highest BCUT2D eigenvalue weighted by atomic mass is 15.4. The normalized spacial score (nSPS) is 16.6. The SMILES string of the molecule is N#CN1CCC[C@@H](n2nc(-c3cnn(Cc4ccccc4)c3)c3c(N)ncnc32)C1. The second-order valence-electron chi connectivity index (χ2n) is 7.50. The molecule has 1 atom stereocenters. The van der Waals surface area contributed by atoms with E-state index in [1.165, 1.54) is 11.9 Å². The zero-order valence-electron chi connectivity index (χ0n) is 16.4. The largest absolute Gasteiger partial charge is 0.383 e. The lowest BCUT2D eigenvalue weighted by Gasteiger charge is -2.28. The molecule has 2 N–H and O–H groups in total. The van der Waals surface area contributed by atoms with E-state index in [1.807, 2.05) is 33.8 Å². The molecule has 0 bridgehead atoms. The number of nitrogens with two attached hydrogens (primary N) is 1. The van der Waals surface area contributed by atoms with Crippen LogP contribution >= 0.6 is 0 Å². The van der Waals surface area contributed by atoms with Crippen molar-refractivity contribution < 1.29 is 0 Å². The summed E-state index contributed by atoms with van der Waals surface area (Å²) in [6.45, 7) is 2.07. The Bertz CT molecular complexity index is 1220. The predicted molar refractivity (Wildman–Crippen MR) is 112 cm³/mol. The molecule has 0 radical (unpaired) electrons. The van der Waals surface area contributed by atoms with Crippen LogP contribution in [-0.2, 0) is 6.54 Å². The van der Waals surface area contributed by atoms with Crippen molar-refractivity contribution in [1.29, 1.82) is 5.26 Å². The first-order valence-electron chi connectivity index (χ1n) is 9.93. The van der Waals surface area contributed by atoms with Crippen molar-refractivity contribution >= 4 is 16.9 Å². The molecule has 150 valence electrons. The minimum Gasteiger partial charge on any atom is -0.383 e. The number of aromatic nitrogens is 6. The van der Waals surface area contributed by atoms with E-state index in [1.54, 1.807) is 11.1 Å². The number of piperidine rings is 1. The highest BCUT2D eigenvalue weighted by molar-refractivity contribution is 5.98. The average molecular weight is 399 g/mol. The van der Waals surface area contributed by atoms with E-state index in [0.29, 0.717) is 24.6 Å². The van der Waals surface area contributed by atoms with Crippen LogP contribution < -0.4 is 5.73 Å². The molecule has 0 unspecified atom stereocenters. The molecule has 30 heavy (non-hydrogen) atoms.